The topological polar surface area (TPSA) is 12.0 Å². The van der Waals surface area contributed by atoms with Crippen LogP contribution in [-0.4, -0.2) is 6.04 Å². The molecule has 90 valence electrons. The smallest absolute Gasteiger partial charge is 0.0342 e. The van der Waals surface area contributed by atoms with E-state index in [0.29, 0.717) is 6.04 Å². The van der Waals surface area contributed by atoms with Crippen molar-refractivity contribution in [3.63, 3.8) is 0 Å². The molecule has 2 rings (SSSR count). The minimum absolute atomic E-state index is 0.714. The van der Waals surface area contributed by atoms with Crippen LogP contribution in [-0.2, 0) is 0 Å². The molecule has 1 aliphatic carbocycles. The standard InChI is InChI=1S/C13H19N.C2H6/c1-11-7-9-13(10-8-11)14-12-5-3-2-4-6-12;1-2/h7-10,12,14H,2-6H2,1H3;1-2H3. The number of anilines is 1. The van der Waals surface area contributed by atoms with Crippen LogP contribution in [0.3, 0.4) is 0 Å². The highest BCUT2D eigenvalue weighted by atomic mass is 14.9. The van der Waals surface area contributed by atoms with Crippen LogP contribution in [0.5, 0.6) is 0 Å². The minimum Gasteiger partial charge on any atom is -0.382 e. The Bertz CT molecular complexity index is 270. The number of hydrogen-bond acceptors (Lipinski definition) is 1. The van der Waals surface area contributed by atoms with Crippen LogP contribution in [0.25, 0.3) is 0 Å². The molecule has 1 heteroatoms. The SMILES string of the molecule is CC.Cc1ccc(NC2CCCCC2)cc1. The normalized spacial score (nSPS) is 16.2. The van der Waals surface area contributed by atoms with E-state index in [9.17, 15) is 0 Å². The van der Waals surface area contributed by atoms with Crippen molar-refractivity contribution < 1.29 is 0 Å². The molecular weight excluding hydrogens is 194 g/mol. The lowest BCUT2D eigenvalue weighted by Gasteiger charge is -2.23. The zero-order valence-corrected chi connectivity index (χ0v) is 10.9. The van der Waals surface area contributed by atoms with Crippen LogP contribution in [0.4, 0.5) is 5.69 Å². The monoisotopic (exact) mass is 219 g/mol. The summed E-state index contributed by atoms with van der Waals surface area (Å²) in [5.74, 6) is 0. The zero-order valence-electron chi connectivity index (χ0n) is 10.9. The van der Waals surface area contributed by atoms with Gasteiger partial charge in [-0.2, -0.15) is 0 Å². The third kappa shape index (κ3) is 4.26. The van der Waals surface area contributed by atoms with E-state index < -0.39 is 0 Å². The second-order valence-electron chi connectivity index (χ2n) is 4.35. The molecule has 1 aromatic carbocycles. The van der Waals surface area contributed by atoms with Crippen LogP contribution in [0, 0.1) is 6.92 Å². The van der Waals surface area contributed by atoms with Gasteiger partial charge < -0.3 is 5.32 Å². The van der Waals surface area contributed by atoms with Crippen LogP contribution in [0.15, 0.2) is 24.3 Å². The van der Waals surface area contributed by atoms with Crippen molar-refractivity contribution in [2.75, 3.05) is 5.32 Å². The molecule has 0 radical (unpaired) electrons. The van der Waals surface area contributed by atoms with E-state index in [1.54, 1.807) is 0 Å². The molecular formula is C15H25N. The highest BCUT2D eigenvalue weighted by molar-refractivity contribution is 5.45. The summed E-state index contributed by atoms with van der Waals surface area (Å²) in [6.45, 7) is 6.13. The van der Waals surface area contributed by atoms with E-state index in [-0.39, 0.29) is 0 Å². The average molecular weight is 219 g/mol. The first-order valence-electron chi connectivity index (χ1n) is 6.68. The Balaban J connectivity index is 0.000000606. The van der Waals surface area contributed by atoms with Crippen LogP contribution < -0.4 is 5.32 Å². The molecule has 0 aliphatic heterocycles. The second-order valence-corrected chi connectivity index (χ2v) is 4.35. The van der Waals surface area contributed by atoms with E-state index in [1.165, 1.54) is 43.4 Å². The van der Waals surface area contributed by atoms with Gasteiger partial charge in [0.1, 0.15) is 0 Å². The first-order valence-corrected chi connectivity index (χ1v) is 6.68. The average Bonchev–Trinajstić information content (AvgIpc) is 2.36. The summed E-state index contributed by atoms with van der Waals surface area (Å²) in [4.78, 5) is 0. The highest BCUT2D eigenvalue weighted by Crippen LogP contribution is 2.21. The third-order valence-electron chi connectivity index (χ3n) is 3.03. The molecule has 16 heavy (non-hydrogen) atoms. The number of aryl methyl sites for hydroxylation is 1. The molecule has 0 bridgehead atoms. The van der Waals surface area contributed by atoms with Crippen molar-refractivity contribution in [3.8, 4) is 0 Å². The number of hydrogen-bond donors (Lipinski definition) is 1. The molecule has 0 spiro atoms. The molecule has 0 aromatic heterocycles. The lowest BCUT2D eigenvalue weighted by molar-refractivity contribution is 0.463. The maximum atomic E-state index is 3.61. The fourth-order valence-electron chi connectivity index (χ4n) is 2.13. The summed E-state index contributed by atoms with van der Waals surface area (Å²) in [5, 5.41) is 3.61. The Hall–Kier alpha value is -0.980. The Labute approximate surface area is 100 Å². The highest BCUT2D eigenvalue weighted by Gasteiger charge is 2.12. The Morgan fingerprint density at radius 3 is 2.06 bits per heavy atom. The quantitative estimate of drug-likeness (QED) is 0.755. The van der Waals surface area contributed by atoms with Crippen molar-refractivity contribution in [1.29, 1.82) is 0 Å². The van der Waals surface area contributed by atoms with E-state index in [2.05, 4.69) is 36.5 Å². The summed E-state index contributed by atoms with van der Waals surface area (Å²) >= 11 is 0. The number of benzene rings is 1. The van der Waals surface area contributed by atoms with Gasteiger partial charge in [-0.15, -0.1) is 0 Å². The van der Waals surface area contributed by atoms with Crippen molar-refractivity contribution >= 4 is 5.69 Å². The molecule has 1 fully saturated rings. The van der Waals surface area contributed by atoms with Gasteiger partial charge >= 0.3 is 0 Å². The van der Waals surface area contributed by atoms with Gasteiger partial charge in [0.15, 0.2) is 0 Å². The van der Waals surface area contributed by atoms with Gasteiger partial charge in [-0.1, -0.05) is 50.8 Å². The molecule has 0 unspecified atom stereocenters. The molecule has 1 nitrogen and oxygen atoms in total. The minimum atomic E-state index is 0.714. The van der Waals surface area contributed by atoms with Gasteiger partial charge in [0, 0.05) is 11.7 Å². The van der Waals surface area contributed by atoms with Gasteiger partial charge in [-0.3, -0.25) is 0 Å². The number of nitrogens with one attached hydrogen (secondary N) is 1. The fourth-order valence-corrected chi connectivity index (χ4v) is 2.13. The maximum absolute atomic E-state index is 3.61. The van der Waals surface area contributed by atoms with Crippen molar-refractivity contribution in [2.24, 2.45) is 0 Å². The molecule has 0 heterocycles. The van der Waals surface area contributed by atoms with E-state index >= 15 is 0 Å². The van der Waals surface area contributed by atoms with Crippen molar-refractivity contribution in [1.82, 2.24) is 0 Å². The van der Waals surface area contributed by atoms with Gasteiger partial charge in [-0.05, 0) is 31.9 Å². The first kappa shape index (κ1) is 13.1. The summed E-state index contributed by atoms with van der Waals surface area (Å²) < 4.78 is 0. The molecule has 0 saturated heterocycles. The maximum Gasteiger partial charge on any atom is 0.0342 e. The second kappa shape index (κ2) is 7.32. The van der Waals surface area contributed by atoms with Crippen LogP contribution >= 0.6 is 0 Å². The van der Waals surface area contributed by atoms with Crippen molar-refractivity contribution in [3.05, 3.63) is 29.8 Å². The lowest BCUT2D eigenvalue weighted by Crippen LogP contribution is -2.22. The van der Waals surface area contributed by atoms with Gasteiger partial charge in [0.05, 0.1) is 0 Å². The molecule has 1 aromatic rings. The van der Waals surface area contributed by atoms with Crippen LogP contribution in [0.1, 0.15) is 51.5 Å². The summed E-state index contributed by atoms with van der Waals surface area (Å²) in [7, 11) is 0. The van der Waals surface area contributed by atoms with Crippen molar-refractivity contribution in [2.45, 2.75) is 58.9 Å². The van der Waals surface area contributed by atoms with Gasteiger partial charge in [0.25, 0.3) is 0 Å². The first-order chi connectivity index (χ1) is 7.84. The summed E-state index contributed by atoms with van der Waals surface area (Å²) in [6.07, 6.45) is 6.89. The predicted octanol–water partition coefficient (Wildman–Crippen LogP) is 4.77. The summed E-state index contributed by atoms with van der Waals surface area (Å²) in [6, 6.07) is 9.43. The molecule has 0 amide bonds. The zero-order chi connectivity index (χ0) is 11.8. The summed E-state index contributed by atoms with van der Waals surface area (Å²) in [5.41, 5.74) is 2.61. The predicted molar refractivity (Wildman–Crippen MR) is 73.0 cm³/mol. The van der Waals surface area contributed by atoms with Gasteiger partial charge in [-0.25, -0.2) is 0 Å². The Kier molecular flexibility index (Phi) is 5.99. The van der Waals surface area contributed by atoms with Crippen LogP contribution in [0.2, 0.25) is 0 Å². The molecule has 1 saturated carbocycles. The van der Waals surface area contributed by atoms with E-state index in [0.717, 1.165) is 0 Å². The fraction of sp³-hybridized carbons (Fsp3) is 0.600. The Morgan fingerprint density at radius 2 is 1.50 bits per heavy atom. The Morgan fingerprint density at radius 1 is 0.938 bits per heavy atom. The van der Waals surface area contributed by atoms with Gasteiger partial charge in [0.2, 0.25) is 0 Å². The molecule has 0 atom stereocenters. The lowest BCUT2D eigenvalue weighted by atomic mass is 9.95. The molecule has 1 N–H and O–H groups in total. The third-order valence-corrected chi connectivity index (χ3v) is 3.03. The van der Waals surface area contributed by atoms with E-state index in [4.69, 9.17) is 0 Å². The van der Waals surface area contributed by atoms with E-state index in [1.807, 2.05) is 13.8 Å². The largest absolute Gasteiger partial charge is 0.382 e. The number of rotatable bonds is 2. The molecule has 1 aliphatic rings.